The number of thiocarbonyl (C=S) groups is 1. The Labute approximate surface area is 124 Å². The predicted octanol–water partition coefficient (Wildman–Crippen LogP) is 3.31. The first-order valence-electron chi connectivity index (χ1n) is 6.28. The number of rotatable bonds is 4. The Bertz CT molecular complexity index is 490. The zero-order valence-electron chi connectivity index (χ0n) is 11.1. The largest absolute Gasteiger partial charge is 0.490 e. The van der Waals surface area contributed by atoms with Crippen LogP contribution in [0.1, 0.15) is 32.3 Å². The lowest BCUT2D eigenvalue weighted by Crippen LogP contribution is -2.24. The molecule has 5 heteroatoms. The van der Waals surface area contributed by atoms with Crippen molar-refractivity contribution in [1.82, 2.24) is 0 Å². The summed E-state index contributed by atoms with van der Waals surface area (Å²) in [6.07, 6.45) is 2.14. The van der Waals surface area contributed by atoms with Gasteiger partial charge in [-0.15, -0.1) is 0 Å². The number of halogens is 1. The van der Waals surface area contributed by atoms with E-state index >= 15 is 0 Å². The second-order valence-electron chi connectivity index (χ2n) is 5.33. The number of hydrogen-bond acceptors (Lipinski definition) is 3. The molecule has 1 fully saturated rings. The average Bonchev–Trinajstić information content (AvgIpc) is 2.66. The highest BCUT2D eigenvalue weighted by Crippen LogP contribution is 2.31. The lowest BCUT2D eigenvalue weighted by molar-refractivity contribution is -0.0326. The quantitative estimate of drug-likeness (QED) is 0.866. The van der Waals surface area contributed by atoms with Crippen LogP contribution in [0.4, 0.5) is 0 Å². The summed E-state index contributed by atoms with van der Waals surface area (Å²) in [5.74, 6) is 0.619. The highest BCUT2D eigenvalue weighted by molar-refractivity contribution is 7.80. The molecule has 104 valence electrons. The van der Waals surface area contributed by atoms with Crippen LogP contribution in [-0.2, 0) is 4.74 Å². The molecule has 0 radical (unpaired) electrons. The van der Waals surface area contributed by atoms with Crippen LogP contribution in [0, 0.1) is 0 Å². The molecule has 1 unspecified atom stereocenters. The first kappa shape index (κ1) is 14.6. The highest BCUT2D eigenvalue weighted by atomic mass is 35.5. The van der Waals surface area contributed by atoms with Gasteiger partial charge in [-0.05, 0) is 38.8 Å². The Morgan fingerprint density at radius 2 is 2.32 bits per heavy atom. The van der Waals surface area contributed by atoms with Gasteiger partial charge in [0.25, 0.3) is 0 Å². The number of hydrogen-bond donors (Lipinski definition) is 1. The molecule has 0 aliphatic carbocycles. The third-order valence-electron chi connectivity index (χ3n) is 3.20. The normalized spacial score (nSPS) is 21.3. The van der Waals surface area contributed by atoms with E-state index in [0.29, 0.717) is 22.9 Å². The molecule has 1 atom stereocenters. The van der Waals surface area contributed by atoms with Crippen molar-refractivity contribution in [3.05, 3.63) is 28.8 Å². The van der Waals surface area contributed by atoms with E-state index in [-0.39, 0.29) is 16.7 Å². The fourth-order valence-corrected chi connectivity index (χ4v) is 2.78. The lowest BCUT2D eigenvalue weighted by Gasteiger charge is -2.20. The molecule has 0 aromatic heterocycles. The van der Waals surface area contributed by atoms with Gasteiger partial charge in [0.1, 0.15) is 17.3 Å². The van der Waals surface area contributed by atoms with E-state index in [2.05, 4.69) is 13.8 Å². The molecule has 3 nitrogen and oxygen atoms in total. The summed E-state index contributed by atoms with van der Waals surface area (Å²) in [6.45, 7) is 4.67. The van der Waals surface area contributed by atoms with Crippen LogP contribution in [0.25, 0.3) is 0 Å². The van der Waals surface area contributed by atoms with Crippen LogP contribution < -0.4 is 10.5 Å². The zero-order valence-corrected chi connectivity index (χ0v) is 12.7. The minimum absolute atomic E-state index is 0.0612. The average molecular weight is 300 g/mol. The van der Waals surface area contributed by atoms with Crippen molar-refractivity contribution in [3.63, 3.8) is 0 Å². The molecule has 2 N–H and O–H groups in total. The van der Waals surface area contributed by atoms with E-state index in [4.69, 9.17) is 39.0 Å². The summed E-state index contributed by atoms with van der Waals surface area (Å²) in [7, 11) is 0. The molecular formula is C14H18ClNO2S. The van der Waals surface area contributed by atoms with Crippen molar-refractivity contribution in [3.8, 4) is 5.75 Å². The Kier molecular flexibility index (Phi) is 4.33. The molecule has 1 heterocycles. The van der Waals surface area contributed by atoms with E-state index in [1.54, 1.807) is 6.07 Å². The topological polar surface area (TPSA) is 44.5 Å². The second kappa shape index (κ2) is 5.65. The van der Waals surface area contributed by atoms with Crippen molar-refractivity contribution in [2.24, 2.45) is 5.73 Å². The summed E-state index contributed by atoms with van der Waals surface area (Å²) in [4.78, 5) is 0.244. The summed E-state index contributed by atoms with van der Waals surface area (Å²) >= 11 is 11.1. The van der Waals surface area contributed by atoms with E-state index in [0.717, 1.165) is 12.8 Å². The third-order valence-corrected chi connectivity index (χ3v) is 3.72. The fourth-order valence-electron chi connectivity index (χ4n) is 2.24. The first-order chi connectivity index (χ1) is 8.89. The Morgan fingerprint density at radius 1 is 1.58 bits per heavy atom. The molecule has 1 aromatic rings. The molecule has 2 rings (SSSR count). The Morgan fingerprint density at radius 3 is 2.89 bits per heavy atom. The zero-order chi connectivity index (χ0) is 14.0. The van der Waals surface area contributed by atoms with Gasteiger partial charge in [0.05, 0.1) is 22.3 Å². The van der Waals surface area contributed by atoms with E-state index in [1.807, 2.05) is 12.1 Å². The van der Waals surface area contributed by atoms with E-state index in [1.165, 1.54) is 0 Å². The van der Waals surface area contributed by atoms with Crippen LogP contribution in [0.15, 0.2) is 18.2 Å². The molecule has 0 amide bonds. The maximum atomic E-state index is 6.09. The van der Waals surface area contributed by atoms with Gasteiger partial charge in [-0.3, -0.25) is 0 Å². The number of benzene rings is 1. The summed E-state index contributed by atoms with van der Waals surface area (Å²) in [5, 5.41) is 0.512. The third kappa shape index (κ3) is 3.59. The van der Waals surface area contributed by atoms with Gasteiger partial charge in [0, 0.05) is 0 Å². The van der Waals surface area contributed by atoms with E-state index < -0.39 is 0 Å². The molecule has 19 heavy (non-hydrogen) atoms. The van der Waals surface area contributed by atoms with Gasteiger partial charge >= 0.3 is 0 Å². The summed E-state index contributed by atoms with van der Waals surface area (Å²) < 4.78 is 11.7. The maximum absolute atomic E-state index is 6.09. The van der Waals surface area contributed by atoms with E-state index in [9.17, 15) is 0 Å². The van der Waals surface area contributed by atoms with Crippen LogP contribution >= 0.6 is 23.8 Å². The van der Waals surface area contributed by atoms with Crippen LogP contribution in [-0.4, -0.2) is 23.3 Å². The first-order valence-corrected chi connectivity index (χ1v) is 7.06. The van der Waals surface area contributed by atoms with Crippen molar-refractivity contribution in [2.45, 2.75) is 38.4 Å². The molecule has 0 bridgehead atoms. The van der Waals surface area contributed by atoms with Crippen LogP contribution in [0.3, 0.4) is 0 Å². The SMILES string of the molecule is CC1(C)CCC(COc2cccc(Cl)c2C(N)=S)O1. The summed E-state index contributed by atoms with van der Waals surface area (Å²) in [5.41, 5.74) is 6.21. The molecule has 1 aliphatic rings. The monoisotopic (exact) mass is 299 g/mol. The van der Waals surface area contributed by atoms with Gasteiger partial charge in [0.15, 0.2) is 0 Å². The molecule has 1 aromatic carbocycles. The smallest absolute Gasteiger partial charge is 0.131 e. The minimum atomic E-state index is -0.0612. The van der Waals surface area contributed by atoms with Gasteiger partial charge in [-0.25, -0.2) is 0 Å². The van der Waals surface area contributed by atoms with Gasteiger partial charge in [0.2, 0.25) is 0 Å². The highest BCUT2D eigenvalue weighted by Gasteiger charge is 2.32. The molecule has 1 aliphatic heterocycles. The van der Waals surface area contributed by atoms with Crippen molar-refractivity contribution in [2.75, 3.05) is 6.61 Å². The Balaban J connectivity index is 2.04. The second-order valence-corrected chi connectivity index (χ2v) is 6.17. The van der Waals surface area contributed by atoms with Crippen molar-refractivity contribution < 1.29 is 9.47 Å². The maximum Gasteiger partial charge on any atom is 0.131 e. The van der Waals surface area contributed by atoms with Gasteiger partial charge < -0.3 is 15.2 Å². The van der Waals surface area contributed by atoms with Crippen LogP contribution in [0.5, 0.6) is 5.75 Å². The molecule has 0 saturated carbocycles. The standard InChI is InChI=1S/C14H18ClNO2S/c1-14(2)7-6-9(18-14)8-17-11-5-3-4-10(15)12(11)13(16)19/h3-5,9H,6-8H2,1-2H3,(H2,16,19). The number of nitrogens with two attached hydrogens (primary N) is 1. The Hall–Kier alpha value is -0.840. The molecular weight excluding hydrogens is 282 g/mol. The van der Waals surface area contributed by atoms with Crippen LogP contribution in [0.2, 0.25) is 5.02 Å². The van der Waals surface area contributed by atoms with Crippen molar-refractivity contribution in [1.29, 1.82) is 0 Å². The molecule has 0 spiro atoms. The fraction of sp³-hybridized carbons (Fsp3) is 0.500. The molecule has 1 saturated heterocycles. The van der Waals surface area contributed by atoms with Gasteiger partial charge in [-0.1, -0.05) is 29.9 Å². The predicted molar refractivity (Wildman–Crippen MR) is 81.0 cm³/mol. The minimum Gasteiger partial charge on any atom is -0.490 e. The van der Waals surface area contributed by atoms with Crippen molar-refractivity contribution >= 4 is 28.8 Å². The lowest BCUT2D eigenvalue weighted by atomic mass is 10.1. The summed E-state index contributed by atoms with van der Waals surface area (Å²) in [6, 6.07) is 5.39. The van der Waals surface area contributed by atoms with Gasteiger partial charge in [-0.2, -0.15) is 0 Å². The number of ether oxygens (including phenoxy) is 2.